The molecule has 1 aromatic carbocycles. The zero-order valence-corrected chi connectivity index (χ0v) is 12.0. The van der Waals surface area contributed by atoms with E-state index in [1.807, 2.05) is 19.1 Å². The second-order valence-electron chi connectivity index (χ2n) is 4.37. The Kier molecular flexibility index (Phi) is 4.64. The first kappa shape index (κ1) is 13.4. The minimum absolute atomic E-state index is 0.128. The average molecular weight is 313 g/mol. The molecule has 1 heterocycles. The molecule has 0 spiro atoms. The summed E-state index contributed by atoms with van der Waals surface area (Å²) in [5.41, 5.74) is 1.23. The third-order valence-electron chi connectivity index (χ3n) is 3.03. The van der Waals surface area contributed by atoms with Crippen molar-refractivity contribution in [3.05, 3.63) is 28.2 Å². The lowest BCUT2D eigenvalue weighted by atomic mass is 9.99. The Balaban J connectivity index is 1.88. The van der Waals surface area contributed by atoms with Crippen LogP contribution in [0.25, 0.3) is 0 Å². The number of carbonyl (C=O) groups excluding carboxylic acids is 1. The quantitative estimate of drug-likeness (QED) is 0.798. The highest BCUT2D eigenvalue weighted by atomic mass is 79.9. The second-order valence-corrected chi connectivity index (χ2v) is 5.29. The molecule has 3 nitrogen and oxygen atoms in total. The van der Waals surface area contributed by atoms with Crippen molar-refractivity contribution in [1.82, 2.24) is 0 Å². The number of fused-ring (bicyclic) bond motifs is 1. The van der Waals surface area contributed by atoms with Gasteiger partial charge in [0.05, 0.1) is 12.7 Å². The zero-order chi connectivity index (χ0) is 13.0. The molecule has 0 aromatic heterocycles. The molecule has 1 unspecified atom stereocenters. The number of rotatable bonds is 4. The molecule has 1 atom stereocenters. The molecule has 18 heavy (non-hydrogen) atoms. The molecular weight excluding hydrogens is 296 g/mol. The van der Waals surface area contributed by atoms with Crippen LogP contribution in [0.4, 0.5) is 0 Å². The number of hydrogen-bond donors (Lipinski definition) is 0. The standard InChI is InChI=1S/C14H17BrO3/c1-2-17-14(16)8-6-12-5-3-10-9-11(15)4-7-13(10)18-12/h4,7,9,12H,2-3,5-6,8H2,1H3. The molecule has 0 saturated heterocycles. The van der Waals surface area contributed by atoms with E-state index in [0.717, 1.165) is 29.5 Å². The van der Waals surface area contributed by atoms with E-state index in [2.05, 4.69) is 22.0 Å². The van der Waals surface area contributed by atoms with Crippen molar-refractivity contribution >= 4 is 21.9 Å². The van der Waals surface area contributed by atoms with Crippen molar-refractivity contribution in [2.45, 2.75) is 38.7 Å². The number of carbonyl (C=O) groups is 1. The largest absolute Gasteiger partial charge is 0.490 e. The summed E-state index contributed by atoms with van der Waals surface area (Å²) in [6.45, 7) is 2.27. The highest BCUT2D eigenvalue weighted by molar-refractivity contribution is 9.10. The second kappa shape index (κ2) is 6.23. The summed E-state index contributed by atoms with van der Waals surface area (Å²) in [6, 6.07) is 6.05. The monoisotopic (exact) mass is 312 g/mol. The molecule has 4 heteroatoms. The van der Waals surface area contributed by atoms with Gasteiger partial charge in [0.15, 0.2) is 0 Å². The van der Waals surface area contributed by atoms with Crippen molar-refractivity contribution in [3.8, 4) is 5.75 Å². The Morgan fingerprint density at radius 1 is 1.56 bits per heavy atom. The molecule has 0 saturated carbocycles. The van der Waals surface area contributed by atoms with Gasteiger partial charge in [-0.05, 0) is 49.9 Å². The van der Waals surface area contributed by atoms with Gasteiger partial charge in [-0.15, -0.1) is 0 Å². The lowest BCUT2D eigenvalue weighted by Crippen LogP contribution is -2.23. The molecule has 1 aromatic rings. The van der Waals surface area contributed by atoms with Crippen LogP contribution in [-0.2, 0) is 16.0 Å². The van der Waals surface area contributed by atoms with E-state index < -0.39 is 0 Å². The van der Waals surface area contributed by atoms with Gasteiger partial charge in [-0.3, -0.25) is 4.79 Å². The number of esters is 1. The van der Waals surface area contributed by atoms with Crippen LogP contribution in [0.5, 0.6) is 5.75 Å². The molecule has 1 aliphatic rings. The van der Waals surface area contributed by atoms with Crippen LogP contribution in [0.15, 0.2) is 22.7 Å². The predicted molar refractivity (Wildman–Crippen MR) is 72.7 cm³/mol. The van der Waals surface area contributed by atoms with E-state index in [-0.39, 0.29) is 12.1 Å². The molecule has 0 aliphatic carbocycles. The molecule has 98 valence electrons. The number of aryl methyl sites for hydroxylation is 1. The SMILES string of the molecule is CCOC(=O)CCC1CCc2cc(Br)ccc2O1. The Morgan fingerprint density at radius 2 is 2.39 bits per heavy atom. The lowest BCUT2D eigenvalue weighted by molar-refractivity contribution is -0.143. The average Bonchev–Trinajstić information content (AvgIpc) is 2.36. The Morgan fingerprint density at radius 3 is 3.17 bits per heavy atom. The fourth-order valence-corrected chi connectivity index (χ4v) is 2.54. The van der Waals surface area contributed by atoms with Gasteiger partial charge in [0.25, 0.3) is 0 Å². The topological polar surface area (TPSA) is 35.5 Å². The third kappa shape index (κ3) is 3.48. The minimum atomic E-state index is -0.136. The summed E-state index contributed by atoms with van der Waals surface area (Å²) in [6.07, 6.45) is 3.26. The van der Waals surface area contributed by atoms with E-state index in [9.17, 15) is 4.79 Å². The maximum atomic E-state index is 11.3. The van der Waals surface area contributed by atoms with Crippen molar-refractivity contribution < 1.29 is 14.3 Å². The van der Waals surface area contributed by atoms with Gasteiger partial charge < -0.3 is 9.47 Å². The zero-order valence-electron chi connectivity index (χ0n) is 10.4. The molecule has 1 aliphatic heterocycles. The van der Waals surface area contributed by atoms with Crippen LogP contribution in [-0.4, -0.2) is 18.7 Å². The Bertz CT molecular complexity index is 431. The first-order chi connectivity index (χ1) is 8.69. The summed E-state index contributed by atoms with van der Waals surface area (Å²) in [4.78, 5) is 11.3. The molecule has 0 radical (unpaired) electrons. The summed E-state index contributed by atoms with van der Waals surface area (Å²) >= 11 is 3.46. The maximum absolute atomic E-state index is 11.3. The van der Waals surface area contributed by atoms with Gasteiger partial charge in [-0.1, -0.05) is 15.9 Å². The van der Waals surface area contributed by atoms with Gasteiger partial charge in [-0.25, -0.2) is 0 Å². The van der Waals surface area contributed by atoms with Crippen molar-refractivity contribution in [3.63, 3.8) is 0 Å². The summed E-state index contributed by atoms with van der Waals surface area (Å²) in [5.74, 6) is 0.806. The number of ether oxygens (including phenoxy) is 2. The van der Waals surface area contributed by atoms with Crippen LogP contribution in [0.1, 0.15) is 31.7 Å². The summed E-state index contributed by atoms with van der Waals surface area (Å²) in [7, 11) is 0. The Labute approximate surface area is 116 Å². The third-order valence-corrected chi connectivity index (χ3v) is 3.52. The normalized spacial score (nSPS) is 17.8. The maximum Gasteiger partial charge on any atom is 0.305 e. The molecular formula is C14H17BrO3. The molecule has 0 fully saturated rings. The van der Waals surface area contributed by atoms with Gasteiger partial charge in [0, 0.05) is 10.9 Å². The van der Waals surface area contributed by atoms with Crippen molar-refractivity contribution in [1.29, 1.82) is 0 Å². The van der Waals surface area contributed by atoms with E-state index in [1.54, 1.807) is 0 Å². The van der Waals surface area contributed by atoms with Gasteiger partial charge in [0.2, 0.25) is 0 Å². The van der Waals surface area contributed by atoms with Crippen LogP contribution in [0.2, 0.25) is 0 Å². The molecule has 2 rings (SSSR count). The van der Waals surface area contributed by atoms with Crippen LogP contribution < -0.4 is 4.74 Å². The van der Waals surface area contributed by atoms with E-state index in [0.29, 0.717) is 13.0 Å². The minimum Gasteiger partial charge on any atom is -0.490 e. The van der Waals surface area contributed by atoms with Gasteiger partial charge in [0.1, 0.15) is 5.75 Å². The first-order valence-corrected chi connectivity index (χ1v) is 7.09. The van der Waals surface area contributed by atoms with E-state index >= 15 is 0 Å². The van der Waals surface area contributed by atoms with E-state index in [1.165, 1.54) is 5.56 Å². The summed E-state index contributed by atoms with van der Waals surface area (Å²) in [5, 5.41) is 0. The van der Waals surface area contributed by atoms with Gasteiger partial charge >= 0.3 is 5.97 Å². The smallest absolute Gasteiger partial charge is 0.305 e. The number of halogens is 1. The fraction of sp³-hybridized carbons (Fsp3) is 0.500. The Hall–Kier alpha value is -1.03. The van der Waals surface area contributed by atoms with Crippen LogP contribution in [0, 0.1) is 0 Å². The van der Waals surface area contributed by atoms with Crippen molar-refractivity contribution in [2.75, 3.05) is 6.61 Å². The highest BCUT2D eigenvalue weighted by Gasteiger charge is 2.20. The molecule has 0 N–H and O–H groups in total. The molecule has 0 amide bonds. The number of hydrogen-bond acceptors (Lipinski definition) is 3. The van der Waals surface area contributed by atoms with Crippen LogP contribution >= 0.6 is 15.9 Å². The predicted octanol–water partition coefficient (Wildman–Crippen LogP) is 3.49. The van der Waals surface area contributed by atoms with Gasteiger partial charge in [-0.2, -0.15) is 0 Å². The van der Waals surface area contributed by atoms with Crippen molar-refractivity contribution in [2.24, 2.45) is 0 Å². The lowest BCUT2D eigenvalue weighted by Gasteiger charge is -2.26. The highest BCUT2D eigenvalue weighted by Crippen LogP contribution is 2.31. The van der Waals surface area contributed by atoms with Crippen LogP contribution in [0.3, 0.4) is 0 Å². The molecule has 0 bridgehead atoms. The van der Waals surface area contributed by atoms with E-state index in [4.69, 9.17) is 9.47 Å². The first-order valence-electron chi connectivity index (χ1n) is 6.29. The fourth-order valence-electron chi connectivity index (χ4n) is 2.13. The summed E-state index contributed by atoms with van der Waals surface area (Å²) < 4.78 is 11.9. The number of benzene rings is 1.